The minimum Gasteiger partial charge on any atom is -0.388 e. The molecular weight excluding hydrogens is 332 g/mol. The number of fused-ring (bicyclic) bond motifs is 4. The number of carbonyl (C=O) groups is 1. The van der Waals surface area contributed by atoms with Crippen LogP contribution in [0.15, 0.2) is 34.9 Å². The Morgan fingerprint density at radius 1 is 1.28 bits per heavy atom. The minimum absolute atomic E-state index is 0.251. The topological polar surface area (TPSA) is 54.4 Å². The van der Waals surface area contributed by atoms with Gasteiger partial charge in [0.25, 0.3) is 0 Å². The summed E-state index contributed by atoms with van der Waals surface area (Å²) in [5.41, 5.74) is 2.96. The molecule has 4 aliphatic carbocycles. The van der Waals surface area contributed by atoms with Crippen LogP contribution in [-0.2, 0) is 15.6 Å². The van der Waals surface area contributed by atoms with Gasteiger partial charge >= 0.3 is 0 Å². The second kappa shape index (κ2) is 6.02. The number of aliphatic hydroxyl groups is 1. The molecule has 0 spiro atoms. The van der Waals surface area contributed by atoms with Crippen molar-refractivity contribution in [3.8, 4) is 0 Å². The van der Waals surface area contributed by atoms with Gasteiger partial charge < -0.3 is 5.11 Å². The Morgan fingerprint density at radius 2 is 2.08 bits per heavy atom. The van der Waals surface area contributed by atoms with Gasteiger partial charge in [-0.15, -0.1) is 0 Å². The molecule has 0 bridgehead atoms. The van der Waals surface area contributed by atoms with Gasteiger partial charge in [0.2, 0.25) is 0 Å². The number of carbonyl (C=O) groups excluding carboxylic acids is 1. The lowest BCUT2D eigenvalue weighted by molar-refractivity contribution is -0.114. The maximum atomic E-state index is 11.9. The van der Waals surface area contributed by atoms with Crippen LogP contribution in [0.25, 0.3) is 0 Å². The molecular formula is C21H28O3S. The van der Waals surface area contributed by atoms with Crippen molar-refractivity contribution in [2.45, 2.75) is 57.5 Å². The Hall–Kier alpha value is -1.00. The van der Waals surface area contributed by atoms with Gasteiger partial charge in [0.05, 0.1) is 11.4 Å². The quantitative estimate of drug-likeness (QED) is 0.838. The molecule has 136 valence electrons. The maximum Gasteiger partial charge on any atom is 0.156 e. The van der Waals surface area contributed by atoms with E-state index in [0.717, 1.165) is 38.5 Å². The van der Waals surface area contributed by atoms with Crippen LogP contribution in [0.2, 0.25) is 0 Å². The first kappa shape index (κ1) is 17.4. The molecule has 1 unspecified atom stereocenters. The smallest absolute Gasteiger partial charge is 0.156 e. The van der Waals surface area contributed by atoms with Gasteiger partial charge in [-0.1, -0.05) is 19.1 Å². The van der Waals surface area contributed by atoms with Crippen LogP contribution in [-0.4, -0.2) is 32.7 Å². The van der Waals surface area contributed by atoms with Gasteiger partial charge in [-0.3, -0.25) is 9.00 Å². The summed E-state index contributed by atoms with van der Waals surface area (Å²) >= 11 is 0. The molecule has 0 amide bonds. The van der Waals surface area contributed by atoms with Crippen LogP contribution < -0.4 is 0 Å². The number of rotatable bonds is 3. The van der Waals surface area contributed by atoms with Gasteiger partial charge in [-0.05, 0) is 73.2 Å². The van der Waals surface area contributed by atoms with Crippen molar-refractivity contribution in [1.29, 1.82) is 0 Å². The van der Waals surface area contributed by atoms with E-state index in [9.17, 15) is 14.1 Å². The molecule has 25 heavy (non-hydrogen) atoms. The average Bonchev–Trinajstić information content (AvgIpc) is 2.86. The molecule has 5 atom stereocenters. The second-order valence-electron chi connectivity index (χ2n) is 8.34. The predicted octanol–water partition coefficient (Wildman–Crippen LogP) is 3.47. The fourth-order valence-corrected chi connectivity index (χ4v) is 7.29. The molecule has 4 heteroatoms. The van der Waals surface area contributed by atoms with Gasteiger partial charge in [0.1, 0.15) is 0 Å². The molecule has 4 aliphatic rings. The summed E-state index contributed by atoms with van der Waals surface area (Å²) in [4.78, 5) is 11.8. The molecule has 1 N–H and O–H groups in total. The Labute approximate surface area is 152 Å². The normalized spacial score (nSPS) is 41.1. The highest BCUT2D eigenvalue weighted by Gasteiger charge is 2.60. The van der Waals surface area contributed by atoms with Crippen molar-refractivity contribution < 1.29 is 14.1 Å². The third kappa shape index (κ3) is 2.48. The van der Waals surface area contributed by atoms with Crippen LogP contribution in [0.3, 0.4) is 0 Å². The summed E-state index contributed by atoms with van der Waals surface area (Å²) in [7, 11) is -1.00. The average molecular weight is 361 g/mol. The number of ketones is 1. The molecule has 0 aromatic rings. The molecule has 0 heterocycles. The summed E-state index contributed by atoms with van der Waals surface area (Å²) in [5.74, 6) is 1.54. The van der Waals surface area contributed by atoms with E-state index >= 15 is 0 Å². The Morgan fingerprint density at radius 3 is 2.80 bits per heavy atom. The first-order valence-electron chi connectivity index (χ1n) is 9.58. The molecule has 1 saturated carbocycles. The zero-order valence-corrected chi connectivity index (χ0v) is 16.0. The summed E-state index contributed by atoms with van der Waals surface area (Å²) in [6.07, 6.45) is 14.3. The first-order valence-corrected chi connectivity index (χ1v) is 11.3. The van der Waals surface area contributed by atoms with Crippen LogP contribution >= 0.6 is 0 Å². The predicted molar refractivity (Wildman–Crippen MR) is 101 cm³/mol. The van der Waals surface area contributed by atoms with Gasteiger partial charge in [-0.25, -0.2) is 0 Å². The molecule has 0 saturated heterocycles. The molecule has 0 aromatic carbocycles. The van der Waals surface area contributed by atoms with Crippen molar-refractivity contribution >= 4 is 16.6 Å². The van der Waals surface area contributed by atoms with Gasteiger partial charge in [0.15, 0.2) is 5.78 Å². The molecule has 3 nitrogen and oxygen atoms in total. The van der Waals surface area contributed by atoms with Crippen molar-refractivity contribution in [3.05, 3.63) is 34.9 Å². The van der Waals surface area contributed by atoms with E-state index in [1.54, 1.807) is 6.26 Å². The van der Waals surface area contributed by atoms with Crippen LogP contribution in [0, 0.1) is 17.3 Å². The van der Waals surface area contributed by atoms with E-state index in [0.29, 0.717) is 24.0 Å². The SMILES string of the molecule is CC[C@]12C=CC3=C4CCC(=O)C=C4CC[C@H]3[C@@H]1CC[C@@]2(O)CS(C)=O. The first-order chi connectivity index (χ1) is 11.9. The lowest BCUT2D eigenvalue weighted by atomic mass is 9.56. The molecule has 0 aliphatic heterocycles. The third-order valence-corrected chi connectivity index (χ3v) is 8.17. The highest BCUT2D eigenvalue weighted by molar-refractivity contribution is 7.84. The fraction of sp³-hybridized carbons (Fsp3) is 0.667. The van der Waals surface area contributed by atoms with Gasteiger partial charge in [0, 0.05) is 28.9 Å². The Kier molecular flexibility index (Phi) is 4.19. The Balaban J connectivity index is 1.80. The third-order valence-electron chi connectivity index (χ3n) is 7.29. The van der Waals surface area contributed by atoms with Crippen LogP contribution in [0.1, 0.15) is 51.9 Å². The highest BCUT2D eigenvalue weighted by atomic mass is 32.2. The summed E-state index contributed by atoms with van der Waals surface area (Å²) in [6.45, 7) is 2.16. The van der Waals surface area contributed by atoms with E-state index in [1.165, 1.54) is 16.7 Å². The van der Waals surface area contributed by atoms with E-state index in [-0.39, 0.29) is 11.2 Å². The Bertz CT molecular complexity index is 731. The van der Waals surface area contributed by atoms with Crippen molar-refractivity contribution in [2.75, 3.05) is 12.0 Å². The zero-order valence-electron chi connectivity index (χ0n) is 15.2. The largest absolute Gasteiger partial charge is 0.388 e. The van der Waals surface area contributed by atoms with E-state index in [4.69, 9.17) is 0 Å². The van der Waals surface area contributed by atoms with Gasteiger partial charge in [-0.2, -0.15) is 0 Å². The number of hydrogen-bond acceptors (Lipinski definition) is 3. The summed E-state index contributed by atoms with van der Waals surface area (Å²) in [5, 5.41) is 11.4. The van der Waals surface area contributed by atoms with Crippen molar-refractivity contribution in [2.24, 2.45) is 17.3 Å². The highest BCUT2D eigenvalue weighted by Crippen LogP contribution is 2.62. The molecule has 0 radical (unpaired) electrons. The van der Waals surface area contributed by atoms with E-state index < -0.39 is 16.4 Å². The maximum absolute atomic E-state index is 11.9. The fourth-order valence-electron chi connectivity index (χ4n) is 6.21. The summed E-state index contributed by atoms with van der Waals surface area (Å²) < 4.78 is 11.9. The van der Waals surface area contributed by atoms with Crippen molar-refractivity contribution in [1.82, 2.24) is 0 Å². The number of allylic oxidation sites excluding steroid dienone is 5. The zero-order chi connectivity index (χ0) is 17.8. The molecule has 1 fully saturated rings. The van der Waals surface area contributed by atoms with Crippen molar-refractivity contribution in [3.63, 3.8) is 0 Å². The van der Waals surface area contributed by atoms with E-state index in [1.807, 2.05) is 6.08 Å². The second-order valence-corrected chi connectivity index (χ2v) is 9.77. The minimum atomic E-state index is -1.00. The van der Waals surface area contributed by atoms with E-state index in [2.05, 4.69) is 19.1 Å². The number of hydrogen-bond donors (Lipinski definition) is 1. The monoisotopic (exact) mass is 360 g/mol. The summed E-state index contributed by atoms with van der Waals surface area (Å²) in [6, 6.07) is 0. The van der Waals surface area contributed by atoms with Crippen LogP contribution in [0.4, 0.5) is 0 Å². The lowest BCUT2D eigenvalue weighted by Crippen LogP contribution is -2.52. The molecule has 0 aromatic heterocycles. The molecule has 4 rings (SSSR count). The lowest BCUT2D eigenvalue weighted by Gasteiger charge is -2.50. The standard InChI is InChI=1S/C21H28O3S/c1-3-20-10-8-17-16-7-5-15(22)12-14(16)4-6-18(17)19(20)9-11-21(20,23)13-25(2)24/h8,10,12,18-19,23H,3-7,9,11,13H2,1-2H3/t18-,19+,20+,21-,25?/m1/s1. The van der Waals surface area contributed by atoms with Crippen LogP contribution in [0.5, 0.6) is 0 Å².